The maximum Gasteiger partial charge on any atom is 0.272 e. The normalized spacial score (nSPS) is 23.5. The van der Waals surface area contributed by atoms with Gasteiger partial charge in [-0.05, 0) is 31.3 Å². The molecule has 8 nitrogen and oxygen atoms in total. The number of rotatable bonds is 5. The van der Waals surface area contributed by atoms with E-state index in [0.717, 1.165) is 32.0 Å². The van der Waals surface area contributed by atoms with E-state index in [0.29, 0.717) is 22.0 Å². The third-order valence-corrected chi connectivity index (χ3v) is 7.45. The fourth-order valence-corrected chi connectivity index (χ4v) is 5.66. The molecule has 0 unspecified atom stereocenters. The molecule has 9 heteroatoms. The van der Waals surface area contributed by atoms with Crippen molar-refractivity contribution in [2.24, 2.45) is 10.8 Å². The van der Waals surface area contributed by atoms with Crippen LogP contribution in [0.2, 0.25) is 5.02 Å². The van der Waals surface area contributed by atoms with Crippen molar-refractivity contribution in [1.29, 1.82) is 5.26 Å². The Morgan fingerprint density at radius 2 is 1.79 bits per heavy atom. The molecule has 2 aromatic rings. The average molecular weight is 483 g/mol. The van der Waals surface area contributed by atoms with E-state index in [2.05, 4.69) is 66.1 Å². The summed E-state index contributed by atoms with van der Waals surface area (Å²) >= 11 is 6.17. The molecule has 1 aromatic carbocycles. The molecule has 1 saturated carbocycles. The van der Waals surface area contributed by atoms with Gasteiger partial charge in [0.15, 0.2) is 11.5 Å². The standard InChI is InChI=1S/C25H31ClN6O2/c1-24(2)22(25(3,4)23(24)34-17-7-6-16(15-27)18(26)14-17)28-21(33)19-8-9-20(30-29-19)32-12-10-31(5)11-13-32/h6-9,14,22-23H,10-13H2,1-5H3,(H,28,33). The zero-order valence-electron chi connectivity index (χ0n) is 20.3. The van der Waals surface area contributed by atoms with Gasteiger partial charge in [-0.15, -0.1) is 10.2 Å². The summed E-state index contributed by atoms with van der Waals surface area (Å²) in [5, 5.41) is 21.1. The van der Waals surface area contributed by atoms with E-state index in [9.17, 15) is 4.79 Å². The molecule has 4 rings (SSSR count). The SMILES string of the molecule is CN1CCN(c2ccc(C(=O)NC3C(C)(C)C(Oc4ccc(C#N)c(Cl)c4)C3(C)C)nn2)CC1. The summed E-state index contributed by atoms with van der Waals surface area (Å²) in [6, 6.07) is 10.6. The van der Waals surface area contributed by atoms with Gasteiger partial charge < -0.3 is 19.9 Å². The Balaban J connectivity index is 1.42. The number of carbonyl (C=O) groups excluding carboxylic acids is 1. The number of amides is 1. The topological polar surface area (TPSA) is 94.4 Å². The van der Waals surface area contributed by atoms with Crippen molar-refractivity contribution >= 4 is 23.3 Å². The zero-order chi connectivity index (χ0) is 24.7. The molecule has 2 aliphatic rings. The molecule has 0 atom stereocenters. The second-order valence-electron chi connectivity index (χ2n) is 10.4. The average Bonchev–Trinajstić information content (AvgIpc) is 2.81. The molecule has 34 heavy (non-hydrogen) atoms. The predicted molar refractivity (Wildman–Crippen MR) is 131 cm³/mol. The number of nitriles is 1. The van der Waals surface area contributed by atoms with Crippen LogP contribution >= 0.6 is 11.6 Å². The predicted octanol–water partition coefficient (Wildman–Crippen LogP) is 3.37. The molecule has 2 fully saturated rings. The largest absolute Gasteiger partial charge is 0.489 e. The smallest absolute Gasteiger partial charge is 0.272 e. The number of hydrogen-bond acceptors (Lipinski definition) is 7. The van der Waals surface area contributed by atoms with Gasteiger partial charge in [-0.2, -0.15) is 5.26 Å². The molecule has 0 bridgehead atoms. The summed E-state index contributed by atoms with van der Waals surface area (Å²) in [5.74, 6) is 1.15. The van der Waals surface area contributed by atoms with Crippen molar-refractivity contribution in [1.82, 2.24) is 20.4 Å². The molecule has 1 N–H and O–H groups in total. The Hall–Kier alpha value is -2.89. The highest BCUT2D eigenvalue weighted by Crippen LogP contribution is 2.55. The lowest BCUT2D eigenvalue weighted by molar-refractivity contribution is -0.164. The van der Waals surface area contributed by atoms with Gasteiger partial charge in [0.1, 0.15) is 17.9 Å². The number of likely N-dealkylation sites (N-methyl/N-ethyl adjacent to an activating group) is 1. The highest BCUT2D eigenvalue weighted by Gasteiger charge is 2.64. The van der Waals surface area contributed by atoms with Crippen LogP contribution < -0.4 is 15.0 Å². The van der Waals surface area contributed by atoms with Gasteiger partial charge in [-0.25, -0.2) is 0 Å². The quantitative estimate of drug-likeness (QED) is 0.698. The van der Waals surface area contributed by atoms with Crippen LogP contribution in [0.25, 0.3) is 0 Å². The summed E-state index contributed by atoms with van der Waals surface area (Å²) in [7, 11) is 2.11. The summed E-state index contributed by atoms with van der Waals surface area (Å²) in [4.78, 5) is 17.5. The second kappa shape index (κ2) is 9.05. The van der Waals surface area contributed by atoms with Crippen LogP contribution in [-0.4, -0.2) is 66.4 Å². The zero-order valence-corrected chi connectivity index (χ0v) is 21.1. The van der Waals surface area contributed by atoms with Crippen molar-refractivity contribution in [3.63, 3.8) is 0 Å². The van der Waals surface area contributed by atoms with Gasteiger partial charge in [-0.3, -0.25) is 4.79 Å². The van der Waals surface area contributed by atoms with Crippen molar-refractivity contribution in [3.8, 4) is 11.8 Å². The molecular formula is C25H31ClN6O2. The van der Waals surface area contributed by atoms with Crippen LogP contribution in [0.5, 0.6) is 5.75 Å². The maximum atomic E-state index is 13.0. The summed E-state index contributed by atoms with van der Waals surface area (Å²) < 4.78 is 6.29. The Bertz CT molecular complexity index is 1090. The number of nitrogens with one attached hydrogen (secondary N) is 1. The minimum Gasteiger partial charge on any atom is -0.489 e. The maximum absolute atomic E-state index is 13.0. The number of hydrogen-bond donors (Lipinski definition) is 1. The first-order valence-corrected chi connectivity index (χ1v) is 11.9. The third-order valence-electron chi connectivity index (χ3n) is 7.14. The van der Waals surface area contributed by atoms with Crippen LogP contribution in [-0.2, 0) is 0 Å². The summed E-state index contributed by atoms with van der Waals surface area (Å²) in [6.45, 7) is 12.0. The van der Waals surface area contributed by atoms with Crippen molar-refractivity contribution in [2.75, 3.05) is 38.1 Å². The molecule has 1 aliphatic heterocycles. The number of nitrogens with zero attached hydrogens (tertiary/aromatic N) is 5. The van der Waals surface area contributed by atoms with E-state index in [-0.39, 0.29) is 28.9 Å². The fourth-order valence-electron chi connectivity index (χ4n) is 5.45. The van der Waals surface area contributed by atoms with Crippen LogP contribution in [0.15, 0.2) is 30.3 Å². The lowest BCUT2D eigenvalue weighted by Gasteiger charge is -2.63. The van der Waals surface area contributed by atoms with E-state index in [1.807, 2.05) is 6.07 Å². The van der Waals surface area contributed by atoms with Crippen molar-refractivity contribution in [2.45, 2.75) is 39.8 Å². The van der Waals surface area contributed by atoms with Crippen molar-refractivity contribution in [3.05, 3.63) is 46.6 Å². The first-order valence-electron chi connectivity index (χ1n) is 11.5. The van der Waals surface area contributed by atoms with Crippen LogP contribution in [0.3, 0.4) is 0 Å². The number of carbonyl (C=O) groups is 1. The Morgan fingerprint density at radius 3 is 2.35 bits per heavy atom. The Labute approximate surface area is 205 Å². The van der Waals surface area contributed by atoms with Gasteiger partial charge in [0.05, 0.1) is 10.6 Å². The first kappa shape index (κ1) is 24.2. The number of benzene rings is 1. The number of anilines is 1. The molecule has 180 valence electrons. The lowest BCUT2D eigenvalue weighted by Crippen LogP contribution is -2.74. The minimum absolute atomic E-state index is 0.134. The van der Waals surface area contributed by atoms with Crippen LogP contribution in [0, 0.1) is 22.2 Å². The number of halogens is 1. The van der Waals surface area contributed by atoms with Gasteiger partial charge in [-0.1, -0.05) is 39.3 Å². The molecule has 1 saturated heterocycles. The molecule has 0 radical (unpaired) electrons. The van der Waals surface area contributed by atoms with Crippen molar-refractivity contribution < 1.29 is 9.53 Å². The Morgan fingerprint density at radius 1 is 1.12 bits per heavy atom. The third kappa shape index (κ3) is 4.42. The molecule has 0 spiro atoms. The highest BCUT2D eigenvalue weighted by molar-refractivity contribution is 6.31. The number of ether oxygens (including phenoxy) is 1. The van der Waals surface area contributed by atoms with E-state index in [1.165, 1.54) is 0 Å². The van der Waals surface area contributed by atoms with E-state index >= 15 is 0 Å². The number of piperazine rings is 1. The van der Waals surface area contributed by atoms with Gasteiger partial charge >= 0.3 is 0 Å². The fraction of sp³-hybridized carbons (Fsp3) is 0.520. The van der Waals surface area contributed by atoms with E-state index < -0.39 is 0 Å². The molecule has 1 aliphatic carbocycles. The molecular weight excluding hydrogens is 452 g/mol. The molecule has 1 aromatic heterocycles. The lowest BCUT2D eigenvalue weighted by atomic mass is 9.49. The highest BCUT2D eigenvalue weighted by atomic mass is 35.5. The minimum atomic E-state index is -0.341. The van der Waals surface area contributed by atoms with Crippen LogP contribution in [0.4, 0.5) is 5.82 Å². The molecule has 2 heterocycles. The molecule has 1 amide bonds. The number of aromatic nitrogens is 2. The summed E-state index contributed by atoms with van der Waals surface area (Å²) in [5.41, 5.74) is 0.0261. The summed E-state index contributed by atoms with van der Waals surface area (Å²) in [6.07, 6.45) is -0.167. The Kier molecular flexibility index (Phi) is 6.45. The van der Waals surface area contributed by atoms with E-state index in [4.69, 9.17) is 21.6 Å². The van der Waals surface area contributed by atoms with E-state index in [1.54, 1.807) is 24.3 Å². The van der Waals surface area contributed by atoms with Crippen LogP contribution in [0.1, 0.15) is 43.7 Å². The second-order valence-corrected chi connectivity index (χ2v) is 10.8. The van der Waals surface area contributed by atoms with Gasteiger partial charge in [0.25, 0.3) is 5.91 Å². The van der Waals surface area contributed by atoms with Gasteiger partial charge in [0, 0.05) is 49.1 Å². The first-order chi connectivity index (χ1) is 16.0. The monoisotopic (exact) mass is 482 g/mol. The van der Waals surface area contributed by atoms with Gasteiger partial charge in [0.2, 0.25) is 0 Å².